The van der Waals surface area contributed by atoms with Crippen molar-refractivity contribution >= 4 is 5.97 Å². The highest BCUT2D eigenvalue weighted by Crippen LogP contribution is 2.11. The number of aromatic hydroxyl groups is 1. The number of esters is 1. The van der Waals surface area contributed by atoms with E-state index in [9.17, 15) is 4.79 Å². The molecule has 0 bridgehead atoms. The summed E-state index contributed by atoms with van der Waals surface area (Å²) in [7, 11) is 0. The van der Waals surface area contributed by atoms with E-state index in [1.165, 1.54) is 24.3 Å². The molecule has 0 radical (unpaired) electrons. The lowest BCUT2D eigenvalue weighted by atomic mass is 10.2. The largest absolute Gasteiger partial charge is 0.508 e. The van der Waals surface area contributed by atoms with E-state index in [2.05, 4.69) is 0 Å². The minimum Gasteiger partial charge on any atom is -0.508 e. The zero-order valence-corrected chi connectivity index (χ0v) is 14.2. The van der Waals surface area contributed by atoms with Gasteiger partial charge in [0.25, 0.3) is 0 Å². The van der Waals surface area contributed by atoms with Gasteiger partial charge in [-0.2, -0.15) is 0 Å². The summed E-state index contributed by atoms with van der Waals surface area (Å²) >= 11 is 0. The number of phenols is 1. The molecule has 0 saturated heterocycles. The topological polar surface area (TPSA) is 76.0 Å². The lowest BCUT2D eigenvalue weighted by Crippen LogP contribution is -2.09. The molecule has 2 N–H and O–H groups in total. The van der Waals surface area contributed by atoms with Crippen LogP contribution in [0.5, 0.6) is 11.5 Å². The fourth-order valence-corrected chi connectivity index (χ4v) is 1.62. The van der Waals surface area contributed by atoms with Crippen molar-refractivity contribution in [3.8, 4) is 11.5 Å². The van der Waals surface area contributed by atoms with Crippen LogP contribution in [0.4, 0.5) is 0 Å². The van der Waals surface area contributed by atoms with Gasteiger partial charge in [-0.25, -0.2) is 4.79 Å². The SMILES string of the molecule is CC(C)COC(=O)c1ccc(O)cc1.CC(O)Oc1ccccc1. The number of ether oxygens (including phenoxy) is 2. The molecule has 24 heavy (non-hydrogen) atoms. The van der Waals surface area contributed by atoms with Crippen LogP contribution in [0.25, 0.3) is 0 Å². The molecular weight excluding hydrogens is 308 g/mol. The lowest BCUT2D eigenvalue weighted by molar-refractivity contribution is -0.000299. The van der Waals surface area contributed by atoms with Crippen LogP contribution in [-0.2, 0) is 4.74 Å². The third-order valence-electron chi connectivity index (χ3n) is 2.70. The lowest BCUT2D eigenvalue weighted by Gasteiger charge is -2.06. The molecule has 2 aromatic carbocycles. The minimum atomic E-state index is -0.734. The molecule has 0 amide bonds. The smallest absolute Gasteiger partial charge is 0.338 e. The predicted molar refractivity (Wildman–Crippen MR) is 92.0 cm³/mol. The summed E-state index contributed by atoms with van der Waals surface area (Å²) < 4.78 is 9.98. The number of aliphatic hydroxyl groups excluding tert-OH is 1. The van der Waals surface area contributed by atoms with Gasteiger partial charge in [-0.15, -0.1) is 0 Å². The molecule has 2 rings (SSSR count). The van der Waals surface area contributed by atoms with E-state index in [1.54, 1.807) is 19.1 Å². The van der Waals surface area contributed by atoms with Crippen molar-refractivity contribution in [2.45, 2.75) is 27.1 Å². The zero-order chi connectivity index (χ0) is 17.9. The number of para-hydroxylation sites is 1. The number of phenolic OH excluding ortho intramolecular Hbond substituents is 1. The Bertz CT molecular complexity index is 591. The Morgan fingerprint density at radius 3 is 2.08 bits per heavy atom. The molecule has 2 aromatic rings. The molecular formula is C19H24O5. The Morgan fingerprint density at radius 1 is 1.00 bits per heavy atom. The van der Waals surface area contributed by atoms with Gasteiger partial charge in [0, 0.05) is 0 Å². The van der Waals surface area contributed by atoms with Crippen molar-refractivity contribution < 1.29 is 24.5 Å². The van der Waals surface area contributed by atoms with E-state index >= 15 is 0 Å². The van der Waals surface area contributed by atoms with E-state index in [1.807, 2.05) is 32.0 Å². The summed E-state index contributed by atoms with van der Waals surface area (Å²) in [5, 5.41) is 17.8. The molecule has 0 aliphatic heterocycles. The van der Waals surface area contributed by atoms with Gasteiger partial charge >= 0.3 is 5.97 Å². The summed E-state index contributed by atoms with van der Waals surface area (Å²) in [5.74, 6) is 0.817. The Balaban J connectivity index is 0.000000254. The maximum Gasteiger partial charge on any atom is 0.338 e. The quantitative estimate of drug-likeness (QED) is 0.646. The fraction of sp³-hybridized carbons (Fsp3) is 0.316. The van der Waals surface area contributed by atoms with E-state index in [-0.39, 0.29) is 11.7 Å². The van der Waals surface area contributed by atoms with E-state index in [0.717, 1.165) is 0 Å². The number of carbonyl (C=O) groups excluding carboxylic acids is 1. The number of hydrogen-bond donors (Lipinski definition) is 2. The first-order valence-electron chi connectivity index (χ1n) is 7.74. The second kappa shape index (κ2) is 10.3. The number of carbonyl (C=O) groups is 1. The molecule has 0 aliphatic carbocycles. The molecule has 0 heterocycles. The monoisotopic (exact) mass is 332 g/mol. The average Bonchev–Trinajstić information content (AvgIpc) is 2.54. The van der Waals surface area contributed by atoms with Gasteiger partial charge in [-0.1, -0.05) is 32.0 Å². The standard InChI is InChI=1S/C11H14O3.C8H10O2/c1-8(2)7-14-11(13)9-3-5-10(12)6-4-9;1-7(9)10-8-5-3-2-4-6-8/h3-6,8,12H,7H2,1-2H3;2-7,9H,1H3. The Kier molecular flexibility index (Phi) is 8.36. The molecule has 1 unspecified atom stereocenters. The normalized spacial score (nSPS) is 11.2. The Morgan fingerprint density at radius 2 is 1.58 bits per heavy atom. The van der Waals surface area contributed by atoms with Crippen LogP contribution in [0, 0.1) is 5.92 Å². The van der Waals surface area contributed by atoms with Gasteiger partial charge in [-0.3, -0.25) is 0 Å². The maximum atomic E-state index is 11.4. The van der Waals surface area contributed by atoms with Gasteiger partial charge in [0.1, 0.15) is 11.5 Å². The van der Waals surface area contributed by atoms with E-state index < -0.39 is 6.29 Å². The molecule has 1 atom stereocenters. The fourth-order valence-electron chi connectivity index (χ4n) is 1.62. The predicted octanol–water partition coefficient (Wildman–Crippen LogP) is 3.61. The first-order chi connectivity index (χ1) is 11.4. The van der Waals surface area contributed by atoms with Crippen molar-refractivity contribution in [1.82, 2.24) is 0 Å². The van der Waals surface area contributed by atoms with Crippen LogP contribution in [0.3, 0.4) is 0 Å². The van der Waals surface area contributed by atoms with Crippen molar-refractivity contribution in [2.24, 2.45) is 5.92 Å². The third kappa shape index (κ3) is 8.19. The summed E-state index contributed by atoms with van der Waals surface area (Å²) in [6, 6.07) is 15.2. The molecule has 130 valence electrons. The van der Waals surface area contributed by atoms with Crippen LogP contribution in [0.15, 0.2) is 54.6 Å². The Labute approximate surface area is 142 Å². The van der Waals surface area contributed by atoms with Crippen LogP contribution >= 0.6 is 0 Å². The second-order valence-electron chi connectivity index (χ2n) is 5.57. The van der Waals surface area contributed by atoms with Gasteiger partial charge in [0.05, 0.1) is 12.2 Å². The summed E-state index contributed by atoms with van der Waals surface area (Å²) in [5.41, 5.74) is 0.462. The van der Waals surface area contributed by atoms with Crippen molar-refractivity contribution in [2.75, 3.05) is 6.61 Å². The molecule has 5 heteroatoms. The minimum absolute atomic E-state index is 0.144. The highest BCUT2D eigenvalue weighted by molar-refractivity contribution is 5.89. The van der Waals surface area contributed by atoms with Gasteiger partial charge < -0.3 is 19.7 Å². The first kappa shape index (κ1) is 19.5. The third-order valence-corrected chi connectivity index (χ3v) is 2.70. The summed E-state index contributed by atoms with van der Waals surface area (Å²) in [6.45, 7) is 5.95. The number of hydrogen-bond acceptors (Lipinski definition) is 5. The first-order valence-corrected chi connectivity index (χ1v) is 7.74. The highest BCUT2D eigenvalue weighted by atomic mass is 16.6. The van der Waals surface area contributed by atoms with Gasteiger partial charge in [0.15, 0.2) is 6.29 Å². The van der Waals surface area contributed by atoms with Crippen LogP contribution < -0.4 is 4.74 Å². The molecule has 0 spiro atoms. The molecule has 5 nitrogen and oxygen atoms in total. The van der Waals surface area contributed by atoms with Crippen LogP contribution in [0.2, 0.25) is 0 Å². The summed E-state index contributed by atoms with van der Waals surface area (Å²) in [4.78, 5) is 11.4. The van der Waals surface area contributed by atoms with Crippen LogP contribution in [-0.4, -0.2) is 29.1 Å². The van der Waals surface area contributed by atoms with Crippen molar-refractivity contribution in [1.29, 1.82) is 0 Å². The highest BCUT2D eigenvalue weighted by Gasteiger charge is 2.07. The number of rotatable bonds is 5. The van der Waals surface area contributed by atoms with Crippen molar-refractivity contribution in [3.05, 3.63) is 60.2 Å². The maximum absolute atomic E-state index is 11.4. The van der Waals surface area contributed by atoms with E-state index in [0.29, 0.717) is 23.8 Å². The number of benzene rings is 2. The number of aliphatic hydroxyl groups is 1. The second-order valence-corrected chi connectivity index (χ2v) is 5.57. The molecule has 0 aliphatic rings. The van der Waals surface area contributed by atoms with Crippen molar-refractivity contribution in [3.63, 3.8) is 0 Å². The van der Waals surface area contributed by atoms with Gasteiger partial charge in [0.2, 0.25) is 0 Å². The Hall–Kier alpha value is -2.53. The average molecular weight is 332 g/mol. The van der Waals surface area contributed by atoms with Crippen LogP contribution in [0.1, 0.15) is 31.1 Å². The molecule has 0 aromatic heterocycles. The molecule has 0 fully saturated rings. The molecule has 0 saturated carbocycles. The van der Waals surface area contributed by atoms with E-state index in [4.69, 9.17) is 19.7 Å². The zero-order valence-electron chi connectivity index (χ0n) is 14.2. The van der Waals surface area contributed by atoms with Gasteiger partial charge in [-0.05, 0) is 49.2 Å². The summed E-state index contributed by atoms with van der Waals surface area (Å²) in [6.07, 6.45) is -0.734.